The number of thioether (sulfide) groups is 1. The number of likely N-dealkylation sites (tertiary alicyclic amines) is 1. The monoisotopic (exact) mass is 425 g/mol. The number of hydrogen-bond donors (Lipinski definition) is 2. The third kappa shape index (κ3) is 4.69. The molecule has 9 heteroatoms. The molecule has 1 saturated heterocycles. The molecule has 2 amide bonds. The highest BCUT2D eigenvalue weighted by molar-refractivity contribution is 8.02. The third-order valence-electron chi connectivity index (χ3n) is 4.33. The molecule has 2 N–H and O–H groups in total. The number of nitrogens with zero attached hydrogens (tertiary/aromatic N) is 2. The first kappa shape index (κ1) is 21.1. The summed E-state index contributed by atoms with van der Waals surface area (Å²) in [7, 11) is 1.23. The van der Waals surface area contributed by atoms with Crippen molar-refractivity contribution in [3.63, 3.8) is 0 Å². The molecule has 0 spiro atoms. The van der Waals surface area contributed by atoms with Crippen LogP contribution >= 0.6 is 11.8 Å². The molecular formula is C21H19N3O5S. The molecule has 0 saturated carbocycles. The van der Waals surface area contributed by atoms with Crippen LogP contribution in [0.1, 0.15) is 5.56 Å². The van der Waals surface area contributed by atoms with E-state index in [1.54, 1.807) is 35.7 Å². The molecule has 1 heterocycles. The van der Waals surface area contributed by atoms with Crippen molar-refractivity contribution in [3.8, 4) is 0 Å². The molecule has 0 aliphatic carbocycles. The number of ether oxygens (including phenoxy) is 1. The number of carbonyl (C=O) groups excluding carboxylic acids is 3. The molecule has 3 rings (SSSR count). The number of hydrogen-bond acceptors (Lipinski definition) is 7. The lowest BCUT2D eigenvalue weighted by atomic mass is 10.0. The van der Waals surface area contributed by atoms with Gasteiger partial charge in [0.2, 0.25) is 0 Å². The number of esters is 1. The SMILES string of the molecule is COC(=O)C(=CSc1ccccc1)N1CC(NC(=O)C(=NO)c2ccccc2)C1=O. The molecule has 1 unspecified atom stereocenters. The fraction of sp³-hybridized carbons (Fsp3) is 0.143. The summed E-state index contributed by atoms with van der Waals surface area (Å²) in [5.74, 6) is -1.80. The number of carbonyl (C=O) groups is 3. The maximum atomic E-state index is 12.6. The van der Waals surface area contributed by atoms with Gasteiger partial charge >= 0.3 is 5.97 Å². The second-order valence-electron chi connectivity index (χ2n) is 6.22. The molecule has 1 atom stereocenters. The Bertz CT molecular complexity index is 992. The Kier molecular flexibility index (Phi) is 6.87. The molecule has 1 aliphatic rings. The molecule has 8 nitrogen and oxygen atoms in total. The van der Waals surface area contributed by atoms with Crippen molar-refractivity contribution >= 4 is 35.3 Å². The van der Waals surface area contributed by atoms with Gasteiger partial charge in [-0.05, 0) is 12.1 Å². The average molecular weight is 425 g/mol. The minimum Gasteiger partial charge on any atom is -0.464 e. The van der Waals surface area contributed by atoms with Crippen molar-refractivity contribution in [3.05, 3.63) is 77.3 Å². The molecule has 2 aromatic carbocycles. The highest BCUT2D eigenvalue weighted by Gasteiger charge is 2.42. The Labute approximate surface area is 177 Å². The zero-order valence-electron chi connectivity index (χ0n) is 16.0. The summed E-state index contributed by atoms with van der Waals surface area (Å²) < 4.78 is 4.78. The Morgan fingerprint density at radius 2 is 1.80 bits per heavy atom. The minimum absolute atomic E-state index is 0.0842. The number of methoxy groups -OCH3 is 1. The summed E-state index contributed by atoms with van der Waals surface area (Å²) in [6.07, 6.45) is 0. The van der Waals surface area contributed by atoms with E-state index in [9.17, 15) is 19.6 Å². The smallest absolute Gasteiger partial charge is 0.355 e. The van der Waals surface area contributed by atoms with E-state index in [0.717, 1.165) is 4.90 Å². The lowest BCUT2D eigenvalue weighted by Crippen LogP contribution is -2.64. The molecule has 30 heavy (non-hydrogen) atoms. The van der Waals surface area contributed by atoms with Gasteiger partial charge in [0, 0.05) is 15.9 Å². The van der Waals surface area contributed by atoms with E-state index in [0.29, 0.717) is 5.56 Å². The van der Waals surface area contributed by atoms with Gasteiger partial charge in [-0.1, -0.05) is 65.4 Å². The fourth-order valence-corrected chi connectivity index (χ4v) is 3.54. The molecule has 0 radical (unpaired) electrons. The van der Waals surface area contributed by atoms with Crippen LogP contribution in [0.3, 0.4) is 0 Å². The van der Waals surface area contributed by atoms with E-state index in [2.05, 4.69) is 10.5 Å². The summed E-state index contributed by atoms with van der Waals surface area (Å²) in [6, 6.07) is 16.9. The molecular weight excluding hydrogens is 406 g/mol. The van der Waals surface area contributed by atoms with Gasteiger partial charge in [-0.3, -0.25) is 9.59 Å². The van der Waals surface area contributed by atoms with E-state index in [-0.39, 0.29) is 18.0 Å². The maximum absolute atomic E-state index is 12.6. The van der Waals surface area contributed by atoms with E-state index >= 15 is 0 Å². The zero-order chi connectivity index (χ0) is 21.5. The van der Waals surface area contributed by atoms with Gasteiger partial charge in [-0.15, -0.1) is 0 Å². The molecule has 1 aliphatic heterocycles. The van der Waals surface area contributed by atoms with Crippen LogP contribution in [-0.4, -0.2) is 53.3 Å². The first-order valence-electron chi connectivity index (χ1n) is 8.95. The molecule has 0 bridgehead atoms. The van der Waals surface area contributed by atoms with Crippen LogP contribution in [0, 0.1) is 0 Å². The van der Waals surface area contributed by atoms with Crippen LogP contribution in [0.15, 0.2) is 81.8 Å². The van der Waals surface area contributed by atoms with Gasteiger partial charge in [-0.2, -0.15) is 0 Å². The fourth-order valence-electron chi connectivity index (χ4n) is 2.76. The Balaban J connectivity index is 1.67. The van der Waals surface area contributed by atoms with Gasteiger partial charge in [0.25, 0.3) is 11.8 Å². The van der Waals surface area contributed by atoms with Crippen molar-refractivity contribution in [2.24, 2.45) is 5.16 Å². The number of nitrogens with one attached hydrogen (secondary N) is 1. The summed E-state index contributed by atoms with van der Waals surface area (Å²) in [4.78, 5) is 39.3. The summed E-state index contributed by atoms with van der Waals surface area (Å²) in [5.41, 5.74) is 0.293. The van der Waals surface area contributed by atoms with Gasteiger partial charge in [-0.25, -0.2) is 4.79 Å². The topological polar surface area (TPSA) is 108 Å². The predicted molar refractivity (Wildman–Crippen MR) is 111 cm³/mol. The molecule has 0 aromatic heterocycles. The third-order valence-corrected chi connectivity index (χ3v) is 5.22. The van der Waals surface area contributed by atoms with Gasteiger partial charge in [0.05, 0.1) is 13.7 Å². The first-order chi connectivity index (χ1) is 14.5. The highest BCUT2D eigenvalue weighted by Crippen LogP contribution is 2.25. The average Bonchev–Trinajstić information content (AvgIpc) is 2.79. The zero-order valence-corrected chi connectivity index (χ0v) is 16.8. The quantitative estimate of drug-likeness (QED) is 0.134. The second kappa shape index (κ2) is 9.75. The Morgan fingerprint density at radius 1 is 1.17 bits per heavy atom. The second-order valence-corrected chi connectivity index (χ2v) is 7.16. The number of amides is 2. The van der Waals surface area contributed by atoms with E-state index in [1.165, 1.54) is 23.8 Å². The molecule has 2 aromatic rings. The summed E-state index contributed by atoms with van der Waals surface area (Å²) in [6.45, 7) is 0.0916. The van der Waals surface area contributed by atoms with E-state index in [4.69, 9.17) is 4.74 Å². The van der Waals surface area contributed by atoms with Crippen LogP contribution < -0.4 is 5.32 Å². The van der Waals surface area contributed by atoms with Crippen molar-refractivity contribution in [2.45, 2.75) is 10.9 Å². The largest absolute Gasteiger partial charge is 0.464 e. The number of oxime groups is 1. The number of β-lactam (4-membered cyclic amide) rings is 1. The number of rotatable bonds is 7. The lowest BCUT2D eigenvalue weighted by Gasteiger charge is -2.38. The molecule has 154 valence electrons. The van der Waals surface area contributed by atoms with Crippen molar-refractivity contribution < 1.29 is 24.3 Å². The Hall–Kier alpha value is -3.59. The van der Waals surface area contributed by atoms with Crippen molar-refractivity contribution in [1.29, 1.82) is 0 Å². The normalized spacial score (nSPS) is 16.6. The van der Waals surface area contributed by atoms with Crippen LogP contribution in [0.25, 0.3) is 0 Å². The predicted octanol–water partition coefficient (Wildman–Crippen LogP) is 2.00. The van der Waals surface area contributed by atoms with Gasteiger partial charge in [0.1, 0.15) is 11.7 Å². The van der Waals surface area contributed by atoms with Crippen molar-refractivity contribution in [2.75, 3.05) is 13.7 Å². The summed E-state index contributed by atoms with van der Waals surface area (Å²) in [5, 5.41) is 16.3. The number of benzene rings is 2. The minimum atomic E-state index is -0.840. The Morgan fingerprint density at radius 3 is 2.37 bits per heavy atom. The van der Waals surface area contributed by atoms with Gasteiger partial charge < -0.3 is 20.2 Å². The van der Waals surface area contributed by atoms with Crippen LogP contribution in [-0.2, 0) is 19.1 Å². The van der Waals surface area contributed by atoms with E-state index < -0.39 is 23.8 Å². The highest BCUT2D eigenvalue weighted by atomic mass is 32.2. The van der Waals surface area contributed by atoms with Crippen molar-refractivity contribution in [1.82, 2.24) is 10.2 Å². The van der Waals surface area contributed by atoms with Crippen LogP contribution in [0.2, 0.25) is 0 Å². The first-order valence-corrected chi connectivity index (χ1v) is 9.83. The standard InChI is InChI=1S/C21H19N3O5S/c1-29-21(27)17(13-30-15-10-6-3-7-11-15)24-12-16(20(24)26)22-19(25)18(23-28)14-8-4-2-5-9-14/h2-11,13,16,28H,12H2,1H3,(H,22,25). The van der Waals surface area contributed by atoms with Gasteiger partial charge in [0.15, 0.2) is 5.71 Å². The maximum Gasteiger partial charge on any atom is 0.355 e. The van der Waals surface area contributed by atoms with Crippen LogP contribution in [0.4, 0.5) is 0 Å². The summed E-state index contributed by atoms with van der Waals surface area (Å²) >= 11 is 1.28. The van der Waals surface area contributed by atoms with E-state index in [1.807, 2.05) is 30.3 Å². The molecule has 1 fully saturated rings. The lowest BCUT2D eigenvalue weighted by molar-refractivity contribution is -0.149. The van der Waals surface area contributed by atoms with Crippen LogP contribution in [0.5, 0.6) is 0 Å².